The highest BCUT2D eigenvalue weighted by molar-refractivity contribution is 7.89. The second-order valence-corrected chi connectivity index (χ2v) is 9.08. The lowest BCUT2D eigenvalue weighted by Gasteiger charge is -2.12. The van der Waals surface area contributed by atoms with E-state index in [1.54, 1.807) is 6.07 Å². The second kappa shape index (κ2) is 5.10. The predicted molar refractivity (Wildman–Crippen MR) is 86.0 cm³/mol. The smallest absolute Gasteiger partial charge is 0.242 e. The molecule has 0 amide bonds. The summed E-state index contributed by atoms with van der Waals surface area (Å²) in [5.41, 5.74) is 5.87. The van der Waals surface area contributed by atoms with Crippen molar-refractivity contribution >= 4 is 33.2 Å². The molecule has 1 aromatic carbocycles. The maximum atomic E-state index is 12.6. The number of nitrogens with two attached hydrogens (primary N) is 1. The zero-order valence-corrected chi connectivity index (χ0v) is 14.8. The van der Waals surface area contributed by atoms with Gasteiger partial charge in [-0.05, 0) is 28.5 Å². The van der Waals surface area contributed by atoms with Gasteiger partial charge in [0, 0.05) is 17.6 Å². The Morgan fingerprint density at radius 2 is 1.71 bits per heavy atom. The van der Waals surface area contributed by atoms with Crippen molar-refractivity contribution < 1.29 is 8.42 Å². The molecule has 1 aliphatic rings. The average Bonchev–Trinajstić information content (AvgIpc) is 2.73. The molecule has 1 saturated carbocycles. The molecular formula is C14H20Cl2N2O2S. The molecule has 1 aromatic rings. The molecule has 2 rings (SSSR count). The van der Waals surface area contributed by atoms with Crippen LogP contribution in [0.15, 0.2) is 17.0 Å². The van der Waals surface area contributed by atoms with E-state index < -0.39 is 10.0 Å². The van der Waals surface area contributed by atoms with Gasteiger partial charge in [0.15, 0.2) is 0 Å². The van der Waals surface area contributed by atoms with Gasteiger partial charge in [-0.1, -0.05) is 50.9 Å². The van der Waals surface area contributed by atoms with Gasteiger partial charge in [-0.3, -0.25) is 0 Å². The third kappa shape index (κ3) is 2.70. The summed E-state index contributed by atoms with van der Waals surface area (Å²) < 4.78 is 27.9. The molecule has 0 bridgehead atoms. The van der Waals surface area contributed by atoms with E-state index in [0.29, 0.717) is 10.6 Å². The van der Waals surface area contributed by atoms with Crippen LogP contribution in [0.3, 0.4) is 0 Å². The molecule has 118 valence electrons. The molecule has 7 heteroatoms. The minimum Gasteiger partial charge on any atom is -0.326 e. The lowest BCUT2D eigenvalue weighted by Crippen LogP contribution is -2.30. The first-order valence-electron chi connectivity index (χ1n) is 6.65. The topological polar surface area (TPSA) is 72.2 Å². The third-order valence-electron chi connectivity index (χ3n) is 4.88. The van der Waals surface area contributed by atoms with E-state index in [0.717, 1.165) is 0 Å². The van der Waals surface area contributed by atoms with E-state index in [4.69, 9.17) is 28.9 Å². The zero-order valence-electron chi connectivity index (χ0n) is 12.5. The SMILES string of the molecule is CC1(C)C(NS(=O)(=O)c2cc(Cl)cc(CN)c2Cl)C1(C)C. The molecule has 0 radical (unpaired) electrons. The van der Waals surface area contributed by atoms with Gasteiger partial charge in [-0.2, -0.15) is 0 Å². The molecule has 0 unspecified atom stereocenters. The van der Waals surface area contributed by atoms with Gasteiger partial charge < -0.3 is 5.73 Å². The van der Waals surface area contributed by atoms with Gasteiger partial charge in [0.2, 0.25) is 10.0 Å². The summed E-state index contributed by atoms with van der Waals surface area (Å²) in [6.45, 7) is 8.26. The Labute approximate surface area is 136 Å². The van der Waals surface area contributed by atoms with Crippen LogP contribution in [0.2, 0.25) is 10.0 Å². The molecule has 4 nitrogen and oxygen atoms in total. The lowest BCUT2D eigenvalue weighted by molar-refractivity contribution is 0.457. The van der Waals surface area contributed by atoms with Gasteiger partial charge >= 0.3 is 0 Å². The number of hydrogen-bond donors (Lipinski definition) is 2. The lowest BCUT2D eigenvalue weighted by atomic mass is 10.0. The molecule has 21 heavy (non-hydrogen) atoms. The highest BCUT2D eigenvalue weighted by Crippen LogP contribution is 2.63. The first kappa shape index (κ1) is 17.0. The summed E-state index contributed by atoms with van der Waals surface area (Å²) in [6, 6.07) is 2.79. The van der Waals surface area contributed by atoms with E-state index in [9.17, 15) is 8.42 Å². The molecule has 0 atom stereocenters. The van der Waals surface area contributed by atoms with Crippen LogP contribution in [-0.4, -0.2) is 14.5 Å². The fraction of sp³-hybridized carbons (Fsp3) is 0.571. The number of rotatable bonds is 4. The van der Waals surface area contributed by atoms with E-state index >= 15 is 0 Å². The van der Waals surface area contributed by atoms with Gasteiger partial charge in [0.25, 0.3) is 0 Å². The summed E-state index contributed by atoms with van der Waals surface area (Å²) in [4.78, 5) is -0.0179. The summed E-state index contributed by atoms with van der Waals surface area (Å²) in [6.07, 6.45) is 0. The van der Waals surface area contributed by atoms with Crippen LogP contribution in [-0.2, 0) is 16.6 Å². The van der Waals surface area contributed by atoms with Crippen molar-refractivity contribution in [3.05, 3.63) is 27.7 Å². The number of sulfonamides is 1. The number of benzene rings is 1. The highest BCUT2D eigenvalue weighted by Gasteiger charge is 2.66. The Balaban J connectivity index is 2.41. The minimum atomic E-state index is -3.75. The molecule has 0 aliphatic heterocycles. The number of hydrogen-bond acceptors (Lipinski definition) is 3. The summed E-state index contributed by atoms with van der Waals surface area (Å²) in [7, 11) is -3.75. The largest absolute Gasteiger partial charge is 0.326 e. The molecule has 1 fully saturated rings. The maximum Gasteiger partial charge on any atom is 0.242 e. The van der Waals surface area contributed by atoms with Crippen molar-refractivity contribution in [2.75, 3.05) is 0 Å². The van der Waals surface area contributed by atoms with E-state index in [-0.39, 0.29) is 33.3 Å². The molecule has 0 spiro atoms. The Hall–Kier alpha value is -0.330. The maximum absolute atomic E-state index is 12.6. The van der Waals surface area contributed by atoms with Crippen LogP contribution in [0.25, 0.3) is 0 Å². The Morgan fingerprint density at radius 1 is 1.19 bits per heavy atom. The quantitative estimate of drug-likeness (QED) is 0.875. The molecule has 0 aromatic heterocycles. The molecule has 0 saturated heterocycles. The second-order valence-electron chi connectivity index (χ2n) is 6.58. The van der Waals surface area contributed by atoms with Crippen molar-refractivity contribution in [3.63, 3.8) is 0 Å². The van der Waals surface area contributed by atoms with Crippen LogP contribution in [0.1, 0.15) is 33.3 Å². The fourth-order valence-corrected chi connectivity index (χ4v) is 5.14. The normalized spacial score (nSPS) is 20.5. The van der Waals surface area contributed by atoms with Gasteiger partial charge in [-0.15, -0.1) is 0 Å². The predicted octanol–water partition coefficient (Wildman–Crippen LogP) is 3.17. The summed E-state index contributed by atoms with van der Waals surface area (Å²) in [5.74, 6) is 0. The number of nitrogens with one attached hydrogen (secondary N) is 1. The number of halogens is 2. The van der Waals surface area contributed by atoms with Crippen LogP contribution in [0.5, 0.6) is 0 Å². The minimum absolute atomic E-state index is 0.0179. The van der Waals surface area contributed by atoms with E-state index in [2.05, 4.69) is 4.72 Å². The van der Waals surface area contributed by atoms with Crippen molar-refractivity contribution in [2.45, 2.75) is 45.2 Å². The van der Waals surface area contributed by atoms with Crippen molar-refractivity contribution in [1.82, 2.24) is 4.72 Å². The average molecular weight is 351 g/mol. The fourth-order valence-electron chi connectivity index (χ4n) is 2.67. The van der Waals surface area contributed by atoms with Crippen molar-refractivity contribution in [1.29, 1.82) is 0 Å². The Bertz CT molecular complexity index is 670. The molecule has 1 aliphatic carbocycles. The van der Waals surface area contributed by atoms with Crippen molar-refractivity contribution in [2.24, 2.45) is 16.6 Å². The summed E-state index contributed by atoms with van der Waals surface area (Å²) >= 11 is 12.1. The molecule has 0 heterocycles. The Kier molecular flexibility index (Phi) is 4.14. The first-order valence-corrected chi connectivity index (χ1v) is 8.89. The van der Waals surface area contributed by atoms with Gasteiger partial charge in [-0.25, -0.2) is 13.1 Å². The van der Waals surface area contributed by atoms with Crippen LogP contribution < -0.4 is 10.5 Å². The standard InChI is InChI=1S/C14H20Cl2N2O2S/c1-13(2)12(14(13,3)4)18-21(19,20)10-6-9(15)5-8(7-17)11(10)16/h5-6,12,18H,7,17H2,1-4H3. The third-order valence-corrected chi connectivity index (χ3v) is 7.11. The van der Waals surface area contributed by atoms with E-state index in [1.165, 1.54) is 6.07 Å². The zero-order chi connectivity index (χ0) is 16.2. The first-order chi connectivity index (χ1) is 9.45. The van der Waals surface area contributed by atoms with Crippen molar-refractivity contribution in [3.8, 4) is 0 Å². The van der Waals surface area contributed by atoms with Gasteiger partial charge in [0.1, 0.15) is 4.90 Å². The monoisotopic (exact) mass is 350 g/mol. The van der Waals surface area contributed by atoms with Crippen LogP contribution >= 0.6 is 23.2 Å². The Morgan fingerprint density at radius 3 is 2.14 bits per heavy atom. The van der Waals surface area contributed by atoms with E-state index in [1.807, 2.05) is 27.7 Å². The molecular weight excluding hydrogens is 331 g/mol. The summed E-state index contributed by atoms with van der Waals surface area (Å²) in [5, 5.41) is 0.431. The van der Waals surface area contributed by atoms with Crippen LogP contribution in [0.4, 0.5) is 0 Å². The highest BCUT2D eigenvalue weighted by atomic mass is 35.5. The van der Waals surface area contributed by atoms with Gasteiger partial charge in [0.05, 0.1) is 5.02 Å². The molecule has 3 N–H and O–H groups in total. The van der Waals surface area contributed by atoms with Crippen LogP contribution in [0, 0.1) is 10.8 Å².